The van der Waals surface area contributed by atoms with Crippen LogP contribution in [0.25, 0.3) is 0 Å². The number of rotatable bonds is 8. The van der Waals surface area contributed by atoms with Crippen LogP contribution in [-0.4, -0.2) is 33.2 Å². The number of hydrogen-bond donors (Lipinski definition) is 1. The fourth-order valence-corrected chi connectivity index (χ4v) is 4.74. The maximum Gasteiger partial charge on any atom is 0.241 e. The summed E-state index contributed by atoms with van der Waals surface area (Å²) in [7, 11) is -3.62. The third-order valence-electron chi connectivity index (χ3n) is 5.28. The van der Waals surface area contributed by atoms with Crippen molar-refractivity contribution in [2.45, 2.75) is 25.8 Å². The molecular weight excluding hydrogens is 408 g/mol. The van der Waals surface area contributed by atoms with Gasteiger partial charge in [0.2, 0.25) is 15.9 Å². The molecule has 0 saturated carbocycles. The van der Waals surface area contributed by atoms with Gasteiger partial charge in [-0.05, 0) is 36.6 Å². The van der Waals surface area contributed by atoms with Crippen molar-refractivity contribution < 1.29 is 13.2 Å². The van der Waals surface area contributed by atoms with Gasteiger partial charge < -0.3 is 5.32 Å². The van der Waals surface area contributed by atoms with Crippen molar-refractivity contribution in [3.8, 4) is 0 Å². The number of sulfonamides is 1. The molecule has 31 heavy (non-hydrogen) atoms. The lowest BCUT2D eigenvalue weighted by atomic mass is 9.86. The SMILES string of the molecule is Cc1ccccc1N(CC(=O)NC(C)C(c1ccccc1)c1ccccc1)S(C)(=O)=O. The standard InChI is InChI=1S/C25H28N2O3S/c1-19-12-10-11-17-23(19)27(31(3,29)30)18-24(28)26-20(2)25(21-13-6-4-7-14-21)22-15-8-5-9-16-22/h4-17,20,25H,18H2,1-3H3,(H,26,28). The Kier molecular flexibility index (Phi) is 7.13. The average molecular weight is 437 g/mol. The van der Waals surface area contributed by atoms with Gasteiger partial charge in [0.15, 0.2) is 0 Å². The maximum atomic E-state index is 12.9. The molecule has 0 aliphatic rings. The minimum absolute atomic E-state index is 0.0588. The summed E-state index contributed by atoms with van der Waals surface area (Å²) < 4.78 is 26.0. The van der Waals surface area contributed by atoms with Gasteiger partial charge in [0.1, 0.15) is 6.54 Å². The van der Waals surface area contributed by atoms with E-state index >= 15 is 0 Å². The Morgan fingerprint density at radius 3 is 1.84 bits per heavy atom. The molecule has 3 rings (SSSR count). The Bertz CT molecular complexity index is 1080. The van der Waals surface area contributed by atoms with Gasteiger partial charge in [0.05, 0.1) is 11.9 Å². The van der Waals surface area contributed by atoms with E-state index in [0.29, 0.717) is 5.69 Å². The lowest BCUT2D eigenvalue weighted by Gasteiger charge is -2.28. The first-order chi connectivity index (χ1) is 14.8. The van der Waals surface area contributed by atoms with Gasteiger partial charge in [-0.15, -0.1) is 0 Å². The number of carbonyl (C=O) groups is 1. The molecule has 0 aliphatic carbocycles. The quantitative estimate of drug-likeness (QED) is 0.578. The Hall–Kier alpha value is -3.12. The molecule has 162 valence electrons. The summed E-state index contributed by atoms with van der Waals surface area (Å²) in [4.78, 5) is 12.9. The second-order valence-electron chi connectivity index (χ2n) is 7.71. The minimum Gasteiger partial charge on any atom is -0.351 e. The van der Waals surface area contributed by atoms with Crippen molar-refractivity contribution >= 4 is 21.6 Å². The lowest BCUT2D eigenvalue weighted by molar-refractivity contribution is -0.120. The predicted octanol–water partition coefficient (Wildman–Crippen LogP) is 4.10. The van der Waals surface area contributed by atoms with E-state index in [1.807, 2.05) is 86.6 Å². The Balaban J connectivity index is 1.84. The lowest BCUT2D eigenvalue weighted by Crippen LogP contribution is -2.45. The van der Waals surface area contributed by atoms with Crippen LogP contribution in [0, 0.1) is 6.92 Å². The molecule has 6 heteroatoms. The molecule has 3 aromatic carbocycles. The van der Waals surface area contributed by atoms with Crippen molar-refractivity contribution in [3.63, 3.8) is 0 Å². The summed E-state index contributed by atoms with van der Waals surface area (Å²) in [5, 5.41) is 3.02. The molecule has 0 fully saturated rings. The van der Waals surface area contributed by atoms with Gasteiger partial charge in [-0.3, -0.25) is 9.10 Å². The molecule has 1 N–H and O–H groups in total. The van der Waals surface area contributed by atoms with Crippen LogP contribution in [0.1, 0.15) is 29.5 Å². The molecule has 0 aliphatic heterocycles. The monoisotopic (exact) mass is 436 g/mol. The number of para-hydroxylation sites is 1. The fraction of sp³-hybridized carbons (Fsp3) is 0.240. The van der Waals surface area contributed by atoms with Crippen LogP contribution in [0.15, 0.2) is 84.9 Å². The van der Waals surface area contributed by atoms with E-state index < -0.39 is 10.0 Å². The first-order valence-electron chi connectivity index (χ1n) is 10.2. The largest absolute Gasteiger partial charge is 0.351 e. The number of nitrogens with zero attached hydrogens (tertiary/aromatic N) is 1. The fourth-order valence-electron chi connectivity index (χ4n) is 3.83. The van der Waals surface area contributed by atoms with Gasteiger partial charge in [-0.2, -0.15) is 0 Å². The molecule has 0 aromatic heterocycles. The molecule has 0 bridgehead atoms. The number of aryl methyl sites for hydroxylation is 1. The summed E-state index contributed by atoms with van der Waals surface area (Å²) in [6, 6.07) is 26.9. The summed E-state index contributed by atoms with van der Waals surface area (Å²) in [6.45, 7) is 3.50. The smallest absolute Gasteiger partial charge is 0.241 e. The number of hydrogen-bond acceptors (Lipinski definition) is 3. The zero-order valence-electron chi connectivity index (χ0n) is 18.0. The number of amides is 1. The van der Waals surface area contributed by atoms with Crippen molar-refractivity contribution in [1.82, 2.24) is 5.32 Å². The summed E-state index contributed by atoms with van der Waals surface area (Å²) in [5.41, 5.74) is 3.47. The van der Waals surface area contributed by atoms with Crippen LogP contribution in [0.2, 0.25) is 0 Å². The molecular formula is C25H28N2O3S. The topological polar surface area (TPSA) is 66.5 Å². The van der Waals surface area contributed by atoms with Crippen LogP contribution in [0.5, 0.6) is 0 Å². The number of anilines is 1. The Morgan fingerprint density at radius 2 is 1.35 bits per heavy atom. The molecule has 0 saturated heterocycles. The highest BCUT2D eigenvalue weighted by molar-refractivity contribution is 7.92. The second-order valence-corrected chi connectivity index (χ2v) is 9.62. The van der Waals surface area contributed by atoms with Crippen LogP contribution in [0.4, 0.5) is 5.69 Å². The van der Waals surface area contributed by atoms with Crippen LogP contribution in [0.3, 0.4) is 0 Å². The molecule has 0 spiro atoms. The van der Waals surface area contributed by atoms with Crippen molar-refractivity contribution in [2.75, 3.05) is 17.1 Å². The molecule has 1 atom stereocenters. The van der Waals surface area contributed by atoms with E-state index in [1.165, 1.54) is 0 Å². The highest BCUT2D eigenvalue weighted by Gasteiger charge is 2.26. The van der Waals surface area contributed by atoms with Crippen LogP contribution < -0.4 is 9.62 Å². The van der Waals surface area contributed by atoms with E-state index in [1.54, 1.807) is 12.1 Å². The molecule has 0 heterocycles. The number of benzene rings is 3. The number of carbonyl (C=O) groups excluding carboxylic acids is 1. The van der Waals surface area contributed by atoms with Gasteiger partial charge in [-0.25, -0.2) is 8.42 Å². The van der Waals surface area contributed by atoms with Gasteiger partial charge in [0, 0.05) is 12.0 Å². The minimum atomic E-state index is -3.62. The van der Waals surface area contributed by atoms with Crippen LogP contribution >= 0.6 is 0 Å². The van der Waals surface area contributed by atoms with Crippen molar-refractivity contribution in [2.24, 2.45) is 0 Å². The molecule has 5 nitrogen and oxygen atoms in total. The third-order valence-corrected chi connectivity index (χ3v) is 6.40. The highest BCUT2D eigenvalue weighted by atomic mass is 32.2. The van der Waals surface area contributed by atoms with Crippen molar-refractivity contribution in [1.29, 1.82) is 0 Å². The maximum absolute atomic E-state index is 12.9. The zero-order chi connectivity index (χ0) is 22.4. The molecule has 3 aromatic rings. The van der Waals surface area contributed by atoms with E-state index in [0.717, 1.165) is 27.3 Å². The normalized spacial score (nSPS) is 12.4. The van der Waals surface area contributed by atoms with E-state index in [-0.39, 0.29) is 24.4 Å². The van der Waals surface area contributed by atoms with E-state index in [9.17, 15) is 13.2 Å². The van der Waals surface area contributed by atoms with E-state index in [4.69, 9.17) is 0 Å². The van der Waals surface area contributed by atoms with Crippen molar-refractivity contribution in [3.05, 3.63) is 102 Å². The summed E-state index contributed by atoms with van der Waals surface area (Å²) in [5.74, 6) is -0.408. The average Bonchev–Trinajstić information content (AvgIpc) is 2.73. The second kappa shape index (κ2) is 9.79. The van der Waals surface area contributed by atoms with Crippen LogP contribution in [-0.2, 0) is 14.8 Å². The molecule has 1 amide bonds. The summed E-state index contributed by atoms with van der Waals surface area (Å²) in [6.07, 6.45) is 1.12. The van der Waals surface area contributed by atoms with Gasteiger partial charge >= 0.3 is 0 Å². The predicted molar refractivity (Wildman–Crippen MR) is 126 cm³/mol. The van der Waals surface area contributed by atoms with Gasteiger partial charge in [0.25, 0.3) is 0 Å². The number of nitrogens with one attached hydrogen (secondary N) is 1. The third kappa shape index (κ3) is 5.73. The van der Waals surface area contributed by atoms with E-state index in [2.05, 4.69) is 5.32 Å². The summed E-state index contributed by atoms with van der Waals surface area (Å²) >= 11 is 0. The molecule has 1 unspecified atom stereocenters. The highest BCUT2D eigenvalue weighted by Crippen LogP contribution is 2.28. The first kappa shape index (κ1) is 22.6. The molecule has 0 radical (unpaired) electrons. The zero-order valence-corrected chi connectivity index (χ0v) is 18.8. The Labute approximate surface area is 184 Å². The first-order valence-corrected chi connectivity index (χ1v) is 12.0. The Morgan fingerprint density at radius 1 is 0.871 bits per heavy atom. The van der Waals surface area contributed by atoms with Gasteiger partial charge in [-0.1, -0.05) is 78.9 Å².